The average Bonchev–Trinajstić information content (AvgIpc) is 3.27. The molecule has 0 aliphatic rings. The molecule has 3 aromatic carbocycles. The zero-order valence-electron chi connectivity index (χ0n) is 22.8. The number of nitrogens with zero attached hydrogens (tertiary/aromatic N) is 2. The molecule has 1 amide bonds. The van der Waals surface area contributed by atoms with Crippen molar-refractivity contribution < 1.29 is 41.8 Å². The molecule has 0 aliphatic carbocycles. The number of halogens is 5. The molecule has 0 fully saturated rings. The second-order valence-corrected chi connectivity index (χ2v) is 10.5. The van der Waals surface area contributed by atoms with Gasteiger partial charge in [-0.2, -0.15) is 23.0 Å². The minimum absolute atomic E-state index is 0.0262. The van der Waals surface area contributed by atoms with Crippen molar-refractivity contribution in [1.29, 1.82) is 0 Å². The number of hydrogen-bond acceptors (Lipinski definition) is 5. The van der Waals surface area contributed by atoms with Crippen LogP contribution in [-0.4, -0.2) is 45.0 Å². The van der Waals surface area contributed by atoms with Gasteiger partial charge in [0, 0.05) is 16.5 Å². The summed E-state index contributed by atoms with van der Waals surface area (Å²) >= 11 is 6.06. The topological polar surface area (TPSA) is 111 Å². The van der Waals surface area contributed by atoms with Crippen molar-refractivity contribution in [2.45, 2.75) is 32.5 Å². The van der Waals surface area contributed by atoms with Crippen LogP contribution in [0.3, 0.4) is 0 Å². The third-order valence-corrected chi connectivity index (χ3v) is 6.15. The molecule has 222 valence electrons. The number of carbonyl (C=O) groups excluding carboxylic acids is 2. The Balaban J connectivity index is 1.84. The maximum absolute atomic E-state index is 15.1. The molecule has 13 heteroatoms. The molecular formula is C30H22ClF4N3O5. The van der Waals surface area contributed by atoms with E-state index >= 15 is 4.39 Å². The van der Waals surface area contributed by atoms with E-state index < -0.39 is 51.7 Å². The van der Waals surface area contributed by atoms with Crippen LogP contribution >= 0.6 is 11.6 Å². The van der Waals surface area contributed by atoms with Crippen molar-refractivity contribution in [3.63, 3.8) is 0 Å². The Bertz CT molecular complexity index is 1830. The number of amides is 1. The van der Waals surface area contributed by atoms with Gasteiger partial charge in [-0.1, -0.05) is 29.5 Å². The van der Waals surface area contributed by atoms with Crippen molar-refractivity contribution in [1.82, 2.24) is 15.1 Å². The van der Waals surface area contributed by atoms with Gasteiger partial charge in [-0.3, -0.25) is 4.79 Å². The third kappa shape index (κ3) is 6.95. The first-order valence-corrected chi connectivity index (χ1v) is 12.9. The summed E-state index contributed by atoms with van der Waals surface area (Å²) in [5.41, 5.74) is -3.29. The maximum atomic E-state index is 15.1. The van der Waals surface area contributed by atoms with E-state index in [9.17, 15) is 32.7 Å². The van der Waals surface area contributed by atoms with E-state index in [1.807, 2.05) is 0 Å². The highest BCUT2D eigenvalue weighted by atomic mass is 35.5. The molecule has 0 saturated carbocycles. The van der Waals surface area contributed by atoms with Crippen LogP contribution < -0.4 is 5.32 Å². The zero-order valence-corrected chi connectivity index (χ0v) is 23.5. The fourth-order valence-corrected chi connectivity index (χ4v) is 4.30. The highest BCUT2D eigenvalue weighted by molar-refractivity contribution is 6.34. The number of alkyl halides is 3. The fourth-order valence-electron chi connectivity index (χ4n) is 4.05. The molecular weight excluding hydrogens is 594 g/mol. The van der Waals surface area contributed by atoms with Gasteiger partial charge >= 0.3 is 18.2 Å². The fraction of sp³-hybridized carbons (Fsp3) is 0.200. The lowest BCUT2D eigenvalue weighted by Gasteiger charge is -2.18. The zero-order chi connectivity index (χ0) is 31.7. The SMILES string of the molecule is CC(C)(C)OC(=O)NCC#Cc1ccc2c(-c3ccc(C(=O)O)cc3F)nn(C(=O)c3c(Cl)cccc3C(F)(F)F)c2c1. The molecule has 8 nitrogen and oxygen atoms in total. The lowest BCUT2D eigenvalue weighted by Crippen LogP contribution is -2.32. The van der Waals surface area contributed by atoms with E-state index in [-0.39, 0.29) is 39.8 Å². The van der Waals surface area contributed by atoms with Crippen LogP contribution in [-0.2, 0) is 10.9 Å². The van der Waals surface area contributed by atoms with E-state index in [1.54, 1.807) is 20.8 Å². The van der Waals surface area contributed by atoms with Gasteiger partial charge in [-0.05, 0) is 69.3 Å². The van der Waals surface area contributed by atoms with Crippen molar-refractivity contribution in [2.75, 3.05) is 6.54 Å². The summed E-state index contributed by atoms with van der Waals surface area (Å²) in [5.74, 6) is 1.87. The van der Waals surface area contributed by atoms with Crippen LogP contribution in [0.15, 0.2) is 54.6 Å². The molecule has 0 bridgehead atoms. The van der Waals surface area contributed by atoms with Crippen molar-refractivity contribution in [3.05, 3.63) is 87.7 Å². The number of carbonyl (C=O) groups is 3. The number of carboxylic acids is 1. The van der Waals surface area contributed by atoms with E-state index in [4.69, 9.17) is 16.3 Å². The third-order valence-electron chi connectivity index (χ3n) is 5.83. The number of aromatic nitrogens is 2. The van der Waals surface area contributed by atoms with E-state index in [2.05, 4.69) is 22.3 Å². The molecule has 0 saturated heterocycles. The van der Waals surface area contributed by atoms with Crippen LogP contribution in [0.5, 0.6) is 0 Å². The van der Waals surface area contributed by atoms with Crippen LogP contribution in [0.2, 0.25) is 5.02 Å². The number of alkyl carbamates (subject to hydrolysis) is 1. The largest absolute Gasteiger partial charge is 0.478 e. The highest BCUT2D eigenvalue weighted by Crippen LogP contribution is 2.37. The number of rotatable bonds is 4. The van der Waals surface area contributed by atoms with Crippen LogP contribution in [0.1, 0.15) is 52.6 Å². The summed E-state index contributed by atoms with van der Waals surface area (Å²) in [6.45, 7) is 4.97. The molecule has 4 rings (SSSR count). The predicted octanol–water partition coefficient (Wildman–Crippen LogP) is 6.78. The minimum Gasteiger partial charge on any atom is -0.478 e. The first-order chi connectivity index (χ1) is 20.1. The Morgan fingerprint density at radius 1 is 1.07 bits per heavy atom. The van der Waals surface area contributed by atoms with Gasteiger partial charge in [0.1, 0.15) is 17.1 Å². The Morgan fingerprint density at radius 2 is 1.79 bits per heavy atom. The minimum atomic E-state index is -4.93. The summed E-state index contributed by atoms with van der Waals surface area (Å²) in [7, 11) is 0. The summed E-state index contributed by atoms with van der Waals surface area (Å²) in [5, 5.41) is 15.5. The molecule has 2 N–H and O–H groups in total. The first-order valence-electron chi connectivity index (χ1n) is 12.5. The second kappa shape index (κ2) is 11.8. The number of hydrogen-bond donors (Lipinski definition) is 2. The van der Waals surface area contributed by atoms with Crippen LogP contribution in [0, 0.1) is 17.7 Å². The van der Waals surface area contributed by atoms with Gasteiger partial charge in [-0.15, -0.1) is 0 Å². The van der Waals surface area contributed by atoms with E-state index in [0.29, 0.717) is 10.7 Å². The second-order valence-electron chi connectivity index (χ2n) is 10.1. The Morgan fingerprint density at radius 3 is 2.42 bits per heavy atom. The van der Waals surface area contributed by atoms with Gasteiger partial charge in [0.25, 0.3) is 5.91 Å². The number of nitrogens with one attached hydrogen (secondary N) is 1. The average molecular weight is 616 g/mol. The van der Waals surface area contributed by atoms with Gasteiger partial charge in [0.2, 0.25) is 0 Å². The molecule has 43 heavy (non-hydrogen) atoms. The van der Waals surface area contributed by atoms with E-state index in [0.717, 1.165) is 30.3 Å². The summed E-state index contributed by atoms with van der Waals surface area (Å²) in [6.07, 6.45) is -5.63. The Kier molecular flexibility index (Phi) is 8.50. The quantitative estimate of drug-likeness (QED) is 0.193. The molecule has 0 unspecified atom stereocenters. The standard InChI is InChI=1S/C30H22ClF4N3O5/c1-29(2,3)43-28(42)36-13-5-6-16-9-11-19-23(14-16)38(26(39)24-20(30(33,34)35)7-4-8-21(24)31)37-25(19)18-12-10-17(27(40)41)15-22(18)32/h4,7-12,14-15H,13H2,1-3H3,(H,36,42)(H,40,41). The monoisotopic (exact) mass is 615 g/mol. The Hall–Kier alpha value is -4.89. The molecule has 4 aromatic rings. The number of benzene rings is 3. The normalized spacial score (nSPS) is 11.5. The van der Waals surface area contributed by atoms with Gasteiger partial charge < -0.3 is 15.2 Å². The van der Waals surface area contributed by atoms with E-state index in [1.165, 1.54) is 18.2 Å². The molecule has 1 aromatic heterocycles. The smallest absolute Gasteiger partial charge is 0.417 e. The van der Waals surface area contributed by atoms with Gasteiger partial charge in [0.15, 0.2) is 0 Å². The Labute approximate surface area is 247 Å². The highest BCUT2D eigenvalue weighted by Gasteiger charge is 2.37. The molecule has 0 atom stereocenters. The number of ether oxygens (including phenoxy) is 1. The molecule has 0 radical (unpaired) electrons. The maximum Gasteiger partial charge on any atom is 0.417 e. The summed E-state index contributed by atoms with van der Waals surface area (Å²) in [4.78, 5) is 36.7. The molecule has 0 spiro atoms. The van der Waals surface area contributed by atoms with Gasteiger partial charge in [-0.25, -0.2) is 14.0 Å². The lowest BCUT2D eigenvalue weighted by molar-refractivity contribution is -0.137. The summed E-state index contributed by atoms with van der Waals surface area (Å²) in [6, 6.07) is 10.2. The number of fused-ring (bicyclic) bond motifs is 1. The molecule has 1 heterocycles. The summed E-state index contributed by atoms with van der Waals surface area (Å²) < 4.78 is 62.4. The van der Waals surface area contributed by atoms with Crippen molar-refractivity contribution in [2.24, 2.45) is 0 Å². The predicted molar refractivity (Wildman–Crippen MR) is 149 cm³/mol. The van der Waals surface area contributed by atoms with Crippen molar-refractivity contribution >= 4 is 40.5 Å². The van der Waals surface area contributed by atoms with Crippen LogP contribution in [0.4, 0.5) is 22.4 Å². The number of carboxylic acid groups (broad SMARTS) is 1. The number of aromatic carboxylic acids is 1. The molecule has 0 aliphatic heterocycles. The first kappa shape index (κ1) is 31.1. The van der Waals surface area contributed by atoms with Crippen LogP contribution in [0.25, 0.3) is 22.2 Å². The van der Waals surface area contributed by atoms with Gasteiger partial charge in [0.05, 0.1) is 33.8 Å². The lowest BCUT2D eigenvalue weighted by atomic mass is 10.0. The van der Waals surface area contributed by atoms with Crippen molar-refractivity contribution in [3.8, 4) is 23.1 Å².